The third-order valence-corrected chi connectivity index (χ3v) is 5.05. The summed E-state index contributed by atoms with van der Waals surface area (Å²) in [7, 11) is 0. The molecule has 4 nitrogen and oxygen atoms in total. The summed E-state index contributed by atoms with van der Waals surface area (Å²) in [5.41, 5.74) is 1.32. The summed E-state index contributed by atoms with van der Waals surface area (Å²) >= 11 is 0. The number of rotatable bonds is 8. The molecule has 1 aliphatic rings. The van der Waals surface area contributed by atoms with Gasteiger partial charge < -0.3 is 9.64 Å². The fourth-order valence-corrected chi connectivity index (χ4v) is 3.46. The van der Waals surface area contributed by atoms with Crippen molar-refractivity contribution >= 4 is 5.91 Å². The van der Waals surface area contributed by atoms with Crippen LogP contribution in [0, 0.1) is 0 Å². The first kappa shape index (κ1) is 19.4. The molecule has 1 aliphatic heterocycles. The minimum absolute atomic E-state index is 0.131. The van der Waals surface area contributed by atoms with Gasteiger partial charge >= 0.3 is 0 Å². The van der Waals surface area contributed by atoms with Crippen molar-refractivity contribution in [3.63, 3.8) is 0 Å². The third kappa shape index (κ3) is 5.83. The number of benzene rings is 2. The van der Waals surface area contributed by atoms with Crippen LogP contribution in [0.15, 0.2) is 60.7 Å². The number of carbonyl (C=O) groups is 1. The number of piperazine rings is 1. The van der Waals surface area contributed by atoms with Gasteiger partial charge in [-0.2, -0.15) is 0 Å². The normalized spacial score (nSPS) is 16.1. The molecule has 4 heteroatoms. The number of unbranched alkanes of at least 4 members (excludes halogenated alkanes) is 1. The Bertz CT molecular complexity index is 682. The molecule has 0 N–H and O–H groups in total. The van der Waals surface area contributed by atoms with Gasteiger partial charge in [0, 0.05) is 32.7 Å². The van der Waals surface area contributed by atoms with Crippen molar-refractivity contribution in [3.8, 4) is 5.75 Å². The quantitative estimate of drug-likeness (QED) is 0.709. The van der Waals surface area contributed by atoms with Crippen molar-refractivity contribution in [2.75, 3.05) is 26.2 Å². The van der Waals surface area contributed by atoms with Crippen molar-refractivity contribution < 1.29 is 9.53 Å². The van der Waals surface area contributed by atoms with Crippen LogP contribution in [0.2, 0.25) is 0 Å². The summed E-state index contributed by atoms with van der Waals surface area (Å²) < 4.78 is 6.05. The van der Waals surface area contributed by atoms with Crippen LogP contribution in [0.1, 0.15) is 31.7 Å². The molecule has 0 bridgehead atoms. The zero-order valence-electron chi connectivity index (χ0n) is 16.2. The van der Waals surface area contributed by atoms with Gasteiger partial charge in [0.15, 0.2) is 6.10 Å². The highest BCUT2D eigenvalue weighted by Crippen LogP contribution is 2.17. The molecule has 3 rings (SSSR count). The lowest BCUT2D eigenvalue weighted by molar-refractivity contribution is -0.141. The lowest BCUT2D eigenvalue weighted by Crippen LogP contribution is -2.52. The number of nitrogens with zero attached hydrogens (tertiary/aromatic N) is 2. The van der Waals surface area contributed by atoms with Crippen LogP contribution in [0.4, 0.5) is 0 Å². The van der Waals surface area contributed by atoms with Crippen molar-refractivity contribution in [3.05, 3.63) is 66.2 Å². The largest absolute Gasteiger partial charge is 0.481 e. The van der Waals surface area contributed by atoms with E-state index in [1.807, 2.05) is 41.3 Å². The molecule has 2 aromatic rings. The van der Waals surface area contributed by atoms with E-state index in [1.165, 1.54) is 5.56 Å². The molecule has 1 unspecified atom stereocenters. The number of ether oxygens (including phenoxy) is 1. The van der Waals surface area contributed by atoms with E-state index in [0.717, 1.165) is 57.7 Å². The average Bonchev–Trinajstić information content (AvgIpc) is 2.73. The fraction of sp³-hybridized carbons (Fsp3) is 0.435. The summed E-state index contributed by atoms with van der Waals surface area (Å²) in [5.74, 6) is 0.904. The topological polar surface area (TPSA) is 32.8 Å². The van der Waals surface area contributed by atoms with E-state index in [2.05, 4.69) is 36.1 Å². The second-order valence-electron chi connectivity index (χ2n) is 7.15. The van der Waals surface area contributed by atoms with Crippen LogP contribution in [0.25, 0.3) is 0 Å². The van der Waals surface area contributed by atoms with Crippen molar-refractivity contribution in [1.82, 2.24) is 9.80 Å². The zero-order valence-corrected chi connectivity index (χ0v) is 16.2. The first-order valence-electron chi connectivity index (χ1n) is 10.0. The molecule has 1 amide bonds. The second-order valence-corrected chi connectivity index (χ2v) is 7.15. The highest BCUT2D eigenvalue weighted by Gasteiger charge is 2.28. The molecule has 0 aliphatic carbocycles. The number of hydrogen-bond donors (Lipinski definition) is 0. The average molecular weight is 367 g/mol. The molecule has 1 saturated heterocycles. The van der Waals surface area contributed by atoms with Crippen LogP contribution in [-0.2, 0) is 11.3 Å². The van der Waals surface area contributed by atoms with Crippen LogP contribution in [-0.4, -0.2) is 48.0 Å². The molecular formula is C23H30N2O2. The molecule has 0 aromatic heterocycles. The van der Waals surface area contributed by atoms with Crippen LogP contribution in [0.5, 0.6) is 5.75 Å². The first-order chi connectivity index (χ1) is 13.3. The summed E-state index contributed by atoms with van der Waals surface area (Å²) in [5, 5.41) is 0. The SMILES string of the molecule is CCCCC(Oc1ccccc1)C(=O)N1CCN(Cc2ccccc2)CC1. The predicted octanol–water partition coefficient (Wildman–Crippen LogP) is 3.97. The number of para-hydroxylation sites is 1. The van der Waals surface area contributed by atoms with Crippen molar-refractivity contribution in [2.45, 2.75) is 38.8 Å². The zero-order chi connectivity index (χ0) is 18.9. The van der Waals surface area contributed by atoms with Gasteiger partial charge in [-0.05, 0) is 30.5 Å². The highest BCUT2D eigenvalue weighted by molar-refractivity contribution is 5.81. The smallest absolute Gasteiger partial charge is 0.263 e. The molecule has 0 saturated carbocycles. The molecule has 144 valence electrons. The van der Waals surface area contributed by atoms with E-state index in [0.29, 0.717) is 0 Å². The van der Waals surface area contributed by atoms with E-state index in [9.17, 15) is 4.79 Å². The first-order valence-corrected chi connectivity index (χ1v) is 10.0. The van der Waals surface area contributed by atoms with Gasteiger partial charge in [0.25, 0.3) is 5.91 Å². The van der Waals surface area contributed by atoms with Crippen molar-refractivity contribution in [1.29, 1.82) is 0 Å². The molecule has 0 radical (unpaired) electrons. The number of hydrogen-bond acceptors (Lipinski definition) is 3. The maximum Gasteiger partial charge on any atom is 0.263 e. The van der Waals surface area contributed by atoms with Gasteiger partial charge in [-0.3, -0.25) is 9.69 Å². The van der Waals surface area contributed by atoms with Crippen LogP contribution in [0.3, 0.4) is 0 Å². The Kier molecular flexibility index (Phi) is 7.28. The van der Waals surface area contributed by atoms with E-state index in [1.54, 1.807) is 0 Å². The summed E-state index contributed by atoms with van der Waals surface area (Å²) in [6.45, 7) is 6.45. The predicted molar refractivity (Wildman–Crippen MR) is 109 cm³/mol. The maximum atomic E-state index is 13.1. The minimum atomic E-state index is -0.381. The van der Waals surface area contributed by atoms with Gasteiger partial charge in [0.05, 0.1) is 0 Å². The summed E-state index contributed by atoms with van der Waals surface area (Å²) in [4.78, 5) is 17.4. The minimum Gasteiger partial charge on any atom is -0.481 e. The molecular weight excluding hydrogens is 336 g/mol. The molecule has 2 aromatic carbocycles. The monoisotopic (exact) mass is 366 g/mol. The lowest BCUT2D eigenvalue weighted by atomic mass is 10.1. The summed E-state index contributed by atoms with van der Waals surface area (Å²) in [6.07, 6.45) is 2.45. The fourth-order valence-electron chi connectivity index (χ4n) is 3.46. The van der Waals surface area contributed by atoms with E-state index >= 15 is 0 Å². The molecule has 0 spiro atoms. The second kappa shape index (κ2) is 10.1. The van der Waals surface area contributed by atoms with Crippen LogP contribution < -0.4 is 4.74 Å². The van der Waals surface area contributed by atoms with Gasteiger partial charge in [-0.15, -0.1) is 0 Å². The van der Waals surface area contributed by atoms with Gasteiger partial charge in [0.2, 0.25) is 0 Å². The van der Waals surface area contributed by atoms with Crippen molar-refractivity contribution in [2.24, 2.45) is 0 Å². The van der Waals surface area contributed by atoms with Gasteiger partial charge in [-0.1, -0.05) is 61.9 Å². The molecule has 1 fully saturated rings. The van der Waals surface area contributed by atoms with E-state index < -0.39 is 0 Å². The molecule has 1 atom stereocenters. The van der Waals surface area contributed by atoms with E-state index in [-0.39, 0.29) is 12.0 Å². The van der Waals surface area contributed by atoms with Gasteiger partial charge in [0.1, 0.15) is 5.75 Å². The Morgan fingerprint density at radius 2 is 1.59 bits per heavy atom. The van der Waals surface area contributed by atoms with E-state index in [4.69, 9.17) is 4.74 Å². The highest BCUT2D eigenvalue weighted by atomic mass is 16.5. The summed E-state index contributed by atoms with van der Waals surface area (Å²) in [6, 6.07) is 20.2. The Balaban J connectivity index is 1.54. The number of amides is 1. The molecule has 1 heterocycles. The van der Waals surface area contributed by atoms with Crippen LogP contribution >= 0.6 is 0 Å². The Labute approximate surface area is 162 Å². The third-order valence-electron chi connectivity index (χ3n) is 5.05. The Hall–Kier alpha value is -2.33. The number of carbonyl (C=O) groups excluding carboxylic acids is 1. The maximum absolute atomic E-state index is 13.1. The molecule has 27 heavy (non-hydrogen) atoms. The standard InChI is InChI=1S/C23H30N2O2/c1-2-3-14-22(27-21-12-8-5-9-13-21)23(26)25-17-15-24(16-18-25)19-20-10-6-4-7-11-20/h4-13,22H,2-3,14-19H2,1H3. The Morgan fingerprint density at radius 3 is 2.22 bits per heavy atom. The van der Waals surface area contributed by atoms with Gasteiger partial charge in [-0.25, -0.2) is 0 Å². The Morgan fingerprint density at radius 1 is 0.963 bits per heavy atom. The lowest BCUT2D eigenvalue weighted by Gasteiger charge is -2.36.